The lowest BCUT2D eigenvalue weighted by Gasteiger charge is -2.03. The normalized spacial score (nSPS) is 15.3. The number of fused-ring (bicyclic) bond motifs is 1. The minimum absolute atomic E-state index is 0.140. The van der Waals surface area contributed by atoms with Crippen molar-refractivity contribution in [1.29, 1.82) is 5.26 Å². The first-order valence-electron chi connectivity index (χ1n) is 5.79. The molecule has 2 aromatic heterocycles. The summed E-state index contributed by atoms with van der Waals surface area (Å²) in [6, 6.07) is 5.88. The van der Waals surface area contributed by atoms with Crippen molar-refractivity contribution in [3.8, 4) is 6.07 Å². The summed E-state index contributed by atoms with van der Waals surface area (Å²) in [5, 5.41) is 19.4. The topological polar surface area (TPSA) is 82.2 Å². The number of hydrogen-bond acceptors (Lipinski definition) is 5. The predicted molar refractivity (Wildman–Crippen MR) is 76.6 cm³/mol. The highest BCUT2D eigenvalue weighted by Crippen LogP contribution is 2.30. The number of aliphatic imine (C=N–C) groups is 1. The molecule has 0 spiro atoms. The van der Waals surface area contributed by atoms with Crippen LogP contribution in [0.25, 0.3) is 10.3 Å². The first-order valence-corrected chi connectivity index (χ1v) is 6.60. The number of hydrogen-bond donors (Lipinski definition) is 1. The minimum atomic E-state index is -0.553. The van der Waals surface area contributed by atoms with Crippen LogP contribution in [0.2, 0.25) is 0 Å². The maximum absolute atomic E-state index is 9.40. The molecule has 1 unspecified atom stereocenters. The van der Waals surface area contributed by atoms with Gasteiger partial charge in [-0.25, -0.2) is 15.0 Å². The van der Waals surface area contributed by atoms with E-state index >= 15 is 0 Å². The molecule has 96 valence electrons. The molecule has 5 nitrogen and oxygen atoms in total. The van der Waals surface area contributed by atoms with E-state index in [2.05, 4.69) is 26.8 Å². The molecule has 1 aliphatic rings. The van der Waals surface area contributed by atoms with Crippen molar-refractivity contribution in [2.24, 2.45) is 4.99 Å². The van der Waals surface area contributed by atoms with E-state index in [9.17, 15) is 10.4 Å². The SMILES string of the molecule is N#CC(C1=C=CC(O)=NC=C1)c1nc2cccnc2s1. The van der Waals surface area contributed by atoms with Gasteiger partial charge in [0.1, 0.15) is 21.3 Å². The summed E-state index contributed by atoms with van der Waals surface area (Å²) in [7, 11) is 0. The number of aliphatic hydroxyl groups is 1. The van der Waals surface area contributed by atoms with Gasteiger partial charge in [-0.3, -0.25) is 0 Å². The van der Waals surface area contributed by atoms with Gasteiger partial charge in [0.05, 0.1) is 6.07 Å². The zero-order valence-electron chi connectivity index (χ0n) is 10.2. The fraction of sp³-hybridized carbons (Fsp3) is 0.0714. The number of thiazole rings is 1. The van der Waals surface area contributed by atoms with Crippen LogP contribution in [-0.4, -0.2) is 21.0 Å². The molecule has 0 saturated heterocycles. The first-order chi connectivity index (χ1) is 9.78. The Bertz CT molecular complexity index is 801. The molecular weight excluding hydrogens is 272 g/mol. The van der Waals surface area contributed by atoms with E-state index in [1.165, 1.54) is 23.6 Å². The van der Waals surface area contributed by atoms with E-state index in [1.54, 1.807) is 12.3 Å². The summed E-state index contributed by atoms with van der Waals surface area (Å²) in [4.78, 5) is 13.2. The van der Waals surface area contributed by atoms with Crippen molar-refractivity contribution >= 4 is 27.6 Å². The fourth-order valence-electron chi connectivity index (χ4n) is 1.77. The molecule has 0 aliphatic carbocycles. The third-order valence-corrected chi connectivity index (χ3v) is 3.74. The summed E-state index contributed by atoms with van der Waals surface area (Å²) < 4.78 is 0. The van der Waals surface area contributed by atoms with Gasteiger partial charge in [-0.15, -0.1) is 5.73 Å². The van der Waals surface area contributed by atoms with Crippen LogP contribution in [0.1, 0.15) is 10.9 Å². The molecule has 6 heteroatoms. The van der Waals surface area contributed by atoms with E-state index < -0.39 is 5.92 Å². The van der Waals surface area contributed by atoms with Crippen LogP contribution in [0.3, 0.4) is 0 Å². The molecule has 3 heterocycles. The van der Waals surface area contributed by atoms with Crippen molar-refractivity contribution in [3.05, 3.63) is 53.0 Å². The van der Waals surface area contributed by atoms with Crippen LogP contribution in [0, 0.1) is 11.3 Å². The molecule has 2 aromatic rings. The monoisotopic (exact) mass is 280 g/mol. The van der Waals surface area contributed by atoms with Gasteiger partial charge in [-0.1, -0.05) is 11.3 Å². The maximum atomic E-state index is 9.40. The number of allylic oxidation sites excluding steroid dienone is 1. The van der Waals surface area contributed by atoms with Gasteiger partial charge in [-0.05, 0) is 18.2 Å². The van der Waals surface area contributed by atoms with Gasteiger partial charge < -0.3 is 5.11 Å². The lowest BCUT2D eigenvalue weighted by molar-refractivity contribution is 0.558. The summed E-state index contributed by atoms with van der Waals surface area (Å²) in [5.74, 6) is -0.693. The Balaban J connectivity index is 2.07. The lowest BCUT2D eigenvalue weighted by atomic mass is 10.0. The Morgan fingerprint density at radius 3 is 3.15 bits per heavy atom. The average Bonchev–Trinajstić information content (AvgIpc) is 2.77. The van der Waals surface area contributed by atoms with Crippen LogP contribution in [0.15, 0.2) is 53.0 Å². The van der Waals surface area contributed by atoms with Crippen molar-refractivity contribution in [1.82, 2.24) is 9.97 Å². The Morgan fingerprint density at radius 1 is 1.45 bits per heavy atom. The zero-order valence-corrected chi connectivity index (χ0v) is 11.0. The minimum Gasteiger partial charge on any atom is -0.493 e. The van der Waals surface area contributed by atoms with Gasteiger partial charge in [0.2, 0.25) is 5.90 Å². The van der Waals surface area contributed by atoms with Crippen LogP contribution in [0.4, 0.5) is 0 Å². The number of pyridine rings is 1. The molecule has 0 amide bonds. The Kier molecular flexibility index (Phi) is 3.13. The van der Waals surface area contributed by atoms with Crippen LogP contribution in [0.5, 0.6) is 0 Å². The van der Waals surface area contributed by atoms with Gasteiger partial charge >= 0.3 is 0 Å². The Hall–Kier alpha value is -2.74. The predicted octanol–water partition coefficient (Wildman–Crippen LogP) is 2.86. The van der Waals surface area contributed by atoms with Gasteiger partial charge in [0, 0.05) is 24.0 Å². The summed E-state index contributed by atoms with van der Waals surface area (Å²) >= 11 is 1.38. The summed E-state index contributed by atoms with van der Waals surface area (Å²) in [5.41, 5.74) is 4.26. The lowest BCUT2D eigenvalue weighted by Crippen LogP contribution is -1.96. The fourth-order valence-corrected chi connectivity index (χ4v) is 2.75. The van der Waals surface area contributed by atoms with E-state index in [-0.39, 0.29) is 5.90 Å². The molecule has 1 aliphatic heterocycles. The molecule has 20 heavy (non-hydrogen) atoms. The van der Waals surface area contributed by atoms with Crippen molar-refractivity contribution < 1.29 is 5.11 Å². The highest BCUT2D eigenvalue weighted by atomic mass is 32.1. The molecular formula is C14H8N4OS. The van der Waals surface area contributed by atoms with Gasteiger partial charge in [0.25, 0.3) is 0 Å². The molecule has 0 bridgehead atoms. The van der Waals surface area contributed by atoms with E-state index in [1.807, 2.05) is 12.1 Å². The number of aromatic nitrogens is 2. The van der Waals surface area contributed by atoms with Crippen molar-refractivity contribution in [2.75, 3.05) is 0 Å². The molecule has 0 fully saturated rings. The summed E-state index contributed by atoms with van der Waals surface area (Å²) in [6.07, 6.45) is 6.12. The van der Waals surface area contributed by atoms with E-state index in [0.29, 0.717) is 10.6 Å². The molecule has 3 rings (SSSR count). The Labute approximate surface area is 118 Å². The smallest absolute Gasteiger partial charge is 0.218 e. The number of aliphatic hydroxyl groups excluding tert-OH is 1. The quantitative estimate of drug-likeness (QED) is 0.857. The summed E-state index contributed by atoms with van der Waals surface area (Å²) in [6.45, 7) is 0. The molecule has 1 atom stereocenters. The second kappa shape index (κ2) is 5.10. The number of rotatable bonds is 2. The molecule has 0 aromatic carbocycles. The van der Waals surface area contributed by atoms with E-state index in [0.717, 1.165) is 10.3 Å². The standard InChI is InChI=1S/C14H8N4OS/c15-8-10(9-3-4-12(19)16-7-5-9)13-18-11-2-1-6-17-14(11)20-13/h1-2,4-7,10H,(H,16,19). The second-order valence-electron chi connectivity index (χ2n) is 3.99. The third kappa shape index (κ3) is 2.24. The third-order valence-electron chi connectivity index (χ3n) is 2.70. The molecule has 0 radical (unpaired) electrons. The van der Waals surface area contributed by atoms with Gasteiger partial charge in [-0.2, -0.15) is 5.26 Å². The highest BCUT2D eigenvalue weighted by Gasteiger charge is 2.19. The second-order valence-corrected chi connectivity index (χ2v) is 5.00. The number of nitriles is 1. The van der Waals surface area contributed by atoms with Crippen molar-refractivity contribution in [3.63, 3.8) is 0 Å². The first kappa shape index (κ1) is 12.3. The average molecular weight is 280 g/mol. The van der Waals surface area contributed by atoms with E-state index in [4.69, 9.17) is 0 Å². The Morgan fingerprint density at radius 2 is 2.35 bits per heavy atom. The van der Waals surface area contributed by atoms with Crippen LogP contribution < -0.4 is 0 Å². The van der Waals surface area contributed by atoms with Gasteiger partial charge in [0.15, 0.2) is 0 Å². The van der Waals surface area contributed by atoms with Crippen LogP contribution in [-0.2, 0) is 0 Å². The zero-order chi connectivity index (χ0) is 13.9. The highest BCUT2D eigenvalue weighted by molar-refractivity contribution is 7.18. The molecule has 1 N–H and O–H groups in total. The maximum Gasteiger partial charge on any atom is 0.218 e. The van der Waals surface area contributed by atoms with Crippen LogP contribution >= 0.6 is 11.3 Å². The molecule has 0 saturated carbocycles. The van der Waals surface area contributed by atoms with Crippen molar-refractivity contribution in [2.45, 2.75) is 5.92 Å². The number of nitrogens with zero attached hydrogens (tertiary/aromatic N) is 4. The largest absolute Gasteiger partial charge is 0.493 e.